The van der Waals surface area contributed by atoms with E-state index in [1.165, 1.54) is 28.6 Å². The van der Waals surface area contributed by atoms with Crippen molar-refractivity contribution in [3.8, 4) is 0 Å². The van der Waals surface area contributed by atoms with Crippen molar-refractivity contribution in [1.82, 2.24) is 14.5 Å². The highest BCUT2D eigenvalue weighted by atomic mass is 32.2. The van der Waals surface area contributed by atoms with Gasteiger partial charge in [-0.1, -0.05) is 25.4 Å². The molecule has 1 amide bonds. The minimum atomic E-state index is -3.63. The monoisotopic (exact) mass is 444 g/mol. The SMILES string of the molecule is CCCCN(CC)S(=O)(=O)c1ccc(C(=O)Nc2nnc(CS(C)(=O)=O)o2)cc1. The predicted octanol–water partition coefficient (Wildman–Crippen LogP) is 1.68. The van der Waals surface area contributed by atoms with E-state index in [1.54, 1.807) is 6.92 Å². The molecule has 10 nitrogen and oxygen atoms in total. The number of carbonyl (C=O) groups excluding carboxylic acids is 1. The number of sulfone groups is 1. The molecule has 0 radical (unpaired) electrons. The molecule has 2 rings (SSSR count). The van der Waals surface area contributed by atoms with Crippen LogP contribution < -0.4 is 5.32 Å². The molecule has 1 heterocycles. The molecule has 160 valence electrons. The van der Waals surface area contributed by atoms with E-state index in [0.29, 0.717) is 13.1 Å². The minimum Gasteiger partial charge on any atom is -0.407 e. The summed E-state index contributed by atoms with van der Waals surface area (Å²) in [4.78, 5) is 12.4. The first kappa shape index (κ1) is 23.0. The van der Waals surface area contributed by atoms with Crippen molar-refractivity contribution >= 4 is 31.8 Å². The number of anilines is 1. The van der Waals surface area contributed by atoms with Crippen molar-refractivity contribution in [3.05, 3.63) is 35.7 Å². The lowest BCUT2D eigenvalue weighted by Gasteiger charge is -2.20. The number of nitrogens with zero attached hydrogens (tertiary/aromatic N) is 3. The maximum absolute atomic E-state index is 12.7. The maximum atomic E-state index is 12.7. The van der Waals surface area contributed by atoms with E-state index in [4.69, 9.17) is 4.42 Å². The van der Waals surface area contributed by atoms with Gasteiger partial charge < -0.3 is 4.42 Å². The molecule has 0 fully saturated rings. The molecule has 2 aromatic rings. The Kier molecular flexibility index (Phi) is 7.49. The number of benzene rings is 1. The molecule has 0 aliphatic heterocycles. The van der Waals surface area contributed by atoms with Gasteiger partial charge in [0.1, 0.15) is 5.75 Å². The standard InChI is InChI=1S/C17H24N4O6S2/c1-4-6-11-21(5-2)29(25,26)14-9-7-13(8-10-14)16(22)18-17-20-19-15(27-17)12-28(3,23)24/h7-10H,4-6,11-12H2,1-3H3,(H,18,20,22). The minimum absolute atomic E-state index is 0.0974. The molecule has 0 saturated carbocycles. The largest absolute Gasteiger partial charge is 0.407 e. The fraction of sp³-hybridized carbons (Fsp3) is 0.471. The molecule has 0 saturated heterocycles. The van der Waals surface area contributed by atoms with Gasteiger partial charge in [0.05, 0.1) is 4.90 Å². The topological polar surface area (TPSA) is 140 Å². The number of hydrogen-bond acceptors (Lipinski definition) is 8. The van der Waals surface area contributed by atoms with E-state index in [2.05, 4.69) is 15.5 Å². The third kappa shape index (κ3) is 6.34. The van der Waals surface area contributed by atoms with Crippen LogP contribution in [-0.2, 0) is 25.6 Å². The van der Waals surface area contributed by atoms with E-state index in [1.807, 2.05) is 6.92 Å². The predicted molar refractivity (Wildman–Crippen MR) is 107 cm³/mol. The van der Waals surface area contributed by atoms with Gasteiger partial charge in [-0.2, -0.15) is 4.31 Å². The van der Waals surface area contributed by atoms with Gasteiger partial charge in [0, 0.05) is 24.9 Å². The third-order valence-corrected chi connectivity index (χ3v) is 6.70. The number of aromatic nitrogens is 2. The van der Waals surface area contributed by atoms with Crippen molar-refractivity contribution in [3.63, 3.8) is 0 Å². The maximum Gasteiger partial charge on any atom is 0.322 e. The van der Waals surface area contributed by atoms with Crippen LogP contribution in [0.1, 0.15) is 42.9 Å². The van der Waals surface area contributed by atoms with Crippen molar-refractivity contribution < 1.29 is 26.0 Å². The van der Waals surface area contributed by atoms with E-state index in [-0.39, 0.29) is 22.4 Å². The quantitative estimate of drug-likeness (QED) is 0.584. The highest BCUT2D eigenvalue weighted by Gasteiger charge is 2.23. The second-order valence-electron chi connectivity index (χ2n) is 6.40. The van der Waals surface area contributed by atoms with Gasteiger partial charge in [-0.05, 0) is 30.7 Å². The third-order valence-electron chi connectivity index (χ3n) is 3.94. The van der Waals surface area contributed by atoms with Gasteiger partial charge in [0.15, 0.2) is 9.84 Å². The summed E-state index contributed by atoms with van der Waals surface area (Å²) in [7, 11) is -6.98. The molecule has 0 spiro atoms. The Balaban J connectivity index is 2.10. The Morgan fingerprint density at radius 1 is 1.10 bits per heavy atom. The van der Waals surface area contributed by atoms with Crippen LogP contribution in [0, 0.1) is 0 Å². The van der Waals surface area contributed by atoms with Crippen LogP contribution in [0.3, 0.4) is 0 Å². The Morgan fingerprint density at radius 2 is 1.76 bits per heavy atom. The number of unbranched alkanes of at least 4 members (excludes halogenated alkanes) is 1. The Morgan fingerprint density at radius 3 is 2.31 bits per heavy atom. The molecule has 0 aliphatic carbocycles. The number of carbonyl (C=O) groups is 1. The van der Waals surface area contributed by atoms with Gasteiger partial charge in [-0.25, -0.2) is 16.8 Å². The van der Waals surface area contributed by atoms with Crippen LogP contribution in [-0.4, -0.2) is 56.6 Å². The molecule has 29 heavy (non-hydrogen) atoms. The van der Waals surface area contributed by atoms with Gasteiger partial charge in [-0.3, -0.25) is 10.1 Å². The number of sulfonamides is 1. The summed E-state index contributed by atoms with van der Waals surface area (Å²) in [6.45, 7) is 4.56. The summed E-state index contributed by atoms with van der Waals surface area (Å²) < 4.78 is 54.3. The van der Waals surface area contributed by atoms with Crippen LogP contribution in [0.25, 0.3) is 0 Å². The lowest BCUT2D eigenvalue weighted by Crippen LogP contribution is -2.31. The number of nitrogens with one attached hydrogen (secondary N) is 1. The average molecular weight is 445 g/mol. The second-order valence-corrected chi connectivity index (χ2v) is 10.5. The molecule has 0 bridgehead atoms. The zero-order chi connectivity index (χ0) is 21.7. The summed E-state index contributed by atoms with van der Waals surface area (Å²) in [6, 6.07) is 5.23. The Hall–Kier alpha value is -2.31. The molecule has 1 N–H and O–H groups in total. The van der Waals surface area contributed by atoms with Gasteiger partial charge in [-0.15, -0.1) is 5.10 Å². The number of rotatable bonds is 10. The van der Waals surface area contributed by atoms with Crippen LogP contribution in [0.4, 0.5) is 6.01 Å². The highest BCUT2D eigenvalue weighted by molar-refractivity contribution is 7.89. The molecular formula is C17H24N4O6S2. The van der Waals surface area contributed by atoms with Gasteiger partial charge in [0.25, 0.3) is 5.91 Å². The molecule has 0 aliphatic rings. The smallest absolute Gasteiger partial charge is 0.322 e. The summed E-state index contributed by atoms with van der Waals surface area (Å²) >= 11 is 0. The van der Waals surface area contributed by atoms with Gasteiger partial charge >= 0.3 is 6.01 Å². The first-order valence-electron chi connectivity index (χ1n) is 8.98. The van der Waals surface area contributed by atoms with Crippen molar-refractivity contribution in [2.75, 3.05) is 24.7 Å². The number of amides is 1. The fourth-order valence-electron chi connectivity index (χ4n) is 2.47. The molecule has 1 aromatic heterocycles. The van der Waals surface area contributed by atoms with Crippen molar-refractivity contribution in [1.29, 1.82) is 0 Å². The summed E-state index contributed by atoms with van der Waals surface area (Å²) in [6.07, 6.45) is 2.67. The normalized spacial score (nSPS) is 12.3. The molecular weight excluding hydrogens is 420 g/mol. The van der Waals surface area contributed by atoms with Crippen LogP contribution in [0.5, 0.6) is 0 Å². The van der Waals surface area contributed by atoms with Crippen molar-refractivity contribution in [2.24, 2.45) is 0 Å². The molecule has 0 unspecified atom stereocenters. The first-order valence-corrected chi connectivity index (χ1v) is 12.5. The van der Waals surface area contributed by atoms with Crippen molar-refractivity contribution in [2.45, 2.75) is 37.3 Å². The summed E-state index contributed by atoms with van der Waals surface area (Å²) in [5.74, 6) is -1.17. The molecule has 12 heteroatoms. The molecule has 1 aromatic carbocycles. The highest BCUT2D eigenvalue weighted by Crippen LogP contribution is 2.18. The zero-order valence-electron chi connectivity index (χ0n) is 16.5. The Labute approximate surface area is 170 Å². The second kappa shape index (κ2) is 9.46. The lowest BCUT2D eigenvalue weighted by molar-refractivity contribution is 0.102. The van der Waals surface area contributed by atoms with Gasteiger partial charge in [0.2, 0.25) is 15.9 Å². The fourth-order valence-corrected chi connectivity index (χ4v) is 4.52. The van der Waals surface area contributed by atoms with E-state index >= 15 is 0 Å². The van der Waals surface area contributed by atoms with Crippen LogP contribution in [0.2, 0.25) is 0 Å². The van der Waals surface area contributed by atoms with E-state index < -0.39 is 31.5 Å². The number of hydrogen-bond donors (Lipinski definition) is 1. The summed E-state index contributed by atoms with van der Waals surface area (Å²) in [5, 5.41) is 9.47. The van der Waals surface area contributed by atoms with Crippen LogP contribution in [0.15, 0.2) is 33.6 Å². The summed E-state index contributed by atoms with van der Waals surface area (Å²) in [5.41, 5.74) is 0.184. The Bertz CT molecular complexity index is 1050. The van der Waals surface area contributed by atoms with E-state index in [9.17, 15) is 21.6 Å². The van der Waals surface area contributed by atoms with E-state index in [0.717, 1.165) is 19.1 Å². The molecule has 0 atom stereocenters. The zero-order valence-corrected chi connectivity index (χ0v) is 18.1. The van der Waals surface area contributed by atoms with Crippen LogP contribution >= 0.6 is 0 Å². The first-order chi connectivity index (χ1) is 13.6. The average Bonchev–Trinajstić information content (AvgIpc) is 3.07. The lowest BCUT2D eigenvalue weighted by atomic mass is 10.2.